The normalized spacial score (nSPS) is 16.1. The van der Waals surface area contributed by atoms with Crippen molar-refractivity contribution < 1.29 is 8.42 Å². The average Bonchev–Trinajstić information content (AvgIpc) is 2.50. The maximum absolute atomic E-state index is 12.3. The number of fused-ring (bicyclic) bond motifs is 1. The molecule has 0 saturated heterocycles. The summed E-state index contributed by atoms with van der Waals surface area (Å²) in [6, 6.07) is 8.61. The van der Waals surface area contributed by atoms with Gasteiger partial charge >= 0.3 is 0 Å². The van der Waals surface area contributed by atoms with Gasteiger partial charge in [-0.15, -0.1) is 4.40 Å². The third kappa shape index (κ3) is 2.38. The lowest BCUT2D eigenvalue weighted by Gasteiger charge is -2.29. The number of amidine groups is 1. The molecule has 1 aromatic heterocycles. The van der Waals surface area contributed by atoms with Crippen molar-refractivity contribution in [2.24, 2.45) is 4.40 Å². The van der Waals surface area contributed by atoms with Crippen molar-refractivity contribution in [3.8, 4) is 0 Å². The van der Waals surface area contributed by atoms with Crippen LogP contribution in [0, 0.1) is 6.92 Å². The molecule has 0 atom stereocenters. The number of anilines is 2. The van der Waals surface area contributed by atoms with Crippen LogP contribution in [0.3, 0.4) is 0 Å². The molecule has 0 aliphatic carbocycles. The van der Waals surface area contributed by atoms with E-state index in [-0.39, 0.29) is 4.90 Å². The molecule has 0 bridgehead atoms. The Morgan fingerprint density at radius 1 is 1.27 bits per heavy atom. The van der Waals surface area contributed by atoms with E-state index in [4.69, 9.17) is 11.6 Å². The number of pyridine rings is 1. The van der Waals surface area contributed by atoms with Crippen molar-refractivity contribution in [3.05, 3.63) is 47.1 Å². The number of aryl methyl sites for hydroxylation is 1. The molecule has 0 spiro atoms. The summed E-state index contributed by atoms with van der Waals surface area (Å²) in [5.41, 5.74) is 1.69. The van der Waals surface area contributed by atoms with E-state index in [9.17, 15) is 8.42 Å². The Kier molecular flexibility index (Phi) is 3.66. The molecular weight excluding hydrogens is 322 g/mol. The molecule has 0 saturated carbocycles. The molecule has 7 heteroatoms. The Balaban J connectivity index is 2.27. The minimum Gasteiger partial charge on any atom is -0.281 e. The summed E-state index contributed by atoms with van der Waals surface area (Å²) in [5, 5.41) is 0.657. The van der Waals surface area contributed by atoms with E-state index in [0.717, 1.165) is 11.3 Å². The molecule has 0 N–H and O–H groups in total. The van der Waals surface area contributed by atoms with Crippen LogP contribution >= 0.6 is 11.6 Å². The SMILES string of the molecule is CCC1=NS(=O)(=O)c2cccnc2N1c1ccc(Cl)c(C)c1. The first-order chi connectivity index (χ1) is 10.4. The molecule has 0 fully saturated rings. The zero-order chi connectivity index (χ0) is 15.9. The van der Waals surface area contributed by atoms with Crippen LogP contribution in [0.15, 0.2) is 45.8 Å². The minimum atomic E-state index is -3.70. The molecule has 1 aliphatic rings. The highest BCUT2D eigenvalue weighted by molar-refractivity contribution is 7.90. The molecule has 5 nitrogen and oxygen atoms in total. The summed E-state index contributed by atoms with van der Waals surface area (Å²) >= 11 is 6.08. The minimum absolute atomic E-state index is 0.111. The molecule has 0 unspecified atom stereocenters. The van der Waals surface area contributed by atoms with Gasteiger partial charge in [0.25, 0.3) is 10.0 Å². The fraction of sp³-hybridized carbons (Fsp3) is 0.200. The second-order valence-corrected chi connectivity index (χ2v) is 6.91. The second-order valence-electron chi connectivity index (χ2n) is 4.93. The van der Waals surface area contributed by atoms with Gasteiger partial charge in [-0.25, -0.2) is 4.98 Å². The quantitative estimate of drug-likeness (QED) is 0.839. The molecule has 2 heterocycles. The van der Waals surface area contributed by atoms with Crippen molar-refractivity contribution in [3.63, 3.8) is 0 Å². The van der Waals surface area contributed by atoms with Gasteiger partial charge in [0.2, 0.25) is 0 Å². The highest BCUT2D eigenvalue weighted by Crippen LogP contribution is 2.36. The molecule has 0 radical (unpaired) electrons. The lowest BCUT2D eigenvalue weighted by atomic mass is 10.2. The van der Waals surface area contributed by atoms with Crippen molar-refractivity contribution in [2.75, 3.05) is 4.90 Å². The maximum Gasteiger partial charge on any atom is 0.287 e. The molecule has 2 aromatic rings. The standard InChI is InChI=1S/C15H14ClN3O2S/c1-3-14-18-22(20,21)13-5-4-8-17-15(13)19(14)11-6-7-12(16)10(2)9-11/h4-9H,3H2,1-2H3. The molecule has 114 valence electrons. The first kappa shape index (κ1) is 15.0. The summed E-state index contributed by atoms with van der Waals surface area (Å²) in [5.74, 6) is 0.809. The van der Waals surface area contributed by atoms with Gasteiger partial charge in [0.15, 0.2) is 5.82 Å². The highest BCUT2D eigenvalue weighted by atomic mass is 35.5. The van der Waals surface area contributed by atoms with E-state index in [2.05, 4.69) is 9.38 Å². The summed E-state index contributed by atoms with van der Waals surface area (Å²) < 4.78 is 28.5. The van der Waals surface area contributed by atoms with Gasteiger partial charge in [0.05, 0.1) is 0 Å². The van der Waals surface area contributed by atoms with Crippen molar-refractivity contribution in [1.29, 1.82) is 0 Å². The molecule has 3 rings (SSSR count). The number of rotatable bonds is 2. The van der Waals surface area contributed by atoms with Gasteiger partial charge in [-0.1, -0.05) is 18.5 Å². The first-order valence-corrected chi connectivity index (χ1v) is 8.61. The zero-order valence-corrected chi connectivity index (χ0v) is 13.7. The third-order valence-electron chi connectivity index (χ3n) is 3.44. The van der Waals surface area contributed by atoms with Crippen LogP contribution in [0.1, 0.15) is 18.9 Å². The van der Waals surface area contributed by atoms with Crippen LogP contribution in [0.2, 0.25) is 5.02 Å². The largest absolute Gasteiger partial charge is 0.287 e. The number of nitrogens with zero attached hydrogens (tertiary/aromatic N) is 3. The highest BCUT2D eigenvalue weighted by Gasteiger charge is 2.32. The second kappa shape index (κ2) is 5.37. The number of benzene rings is 1. The van der Waals surface area contributed by atoms with Crippen LogP contribution in [0.5, 0.6) is 0 Å². The van der Waals surface area contributed by atoms with Crippen LogP contribution < -0.4 is 4.90 Å². The predicted molar refractivity (Wildman–Crippen MR) is 87.5 cm³/mol. The van der Waals surface area contributed by atoms with E-state index in [1.54, 1.807) is 23.2 Å². The fourth-order valence-corrected chi connectivity index (χ4v) is 3.69. The summed E-state index contributed by atoms with van der Waals surface area (Å²) in [7, 11) is -3.70. The molecule has 1 aromatic carbocycles. The number of halogens is 1. The fourth-order valence-electron chi connectivity index (χ4n) is 2.36. The van der Waals surface area contributed by atoms with Crippen molar-refractivity contribution in [2.45, 2.75) is 25.2 Å². The van der Waals surface area contributed by atoms with E-state index in [1.807, 2.05) is 26.0 Å². The summed E-state index contributed by atoms with van der Waals surface area (Å²) in [6.07, 6.45) is 2.04. The Labute approximate surface area is 134 Å². The lowest BCUT2D eigenvalue weighted by molar-refractivity contribution is 0.596. The van der Waals surface area contributed by atoms with Crippen molar-refractivity contribution in [1.82, 2.24) is 4.98 Å². The lowest BCUT2D eigenvalue weighted by Crippen LogP contribution is -2.32. The van der Waals surface area contributed by atoms with Gasteiger partial charge in [-0.05, 0) is 42.8 Å². The Hall–Kier alpha value is -1.92. The van der Waals surface area contributed by atoms with Gasteiger partial charge in [0, 0.05) is 23.3 Å². The molecular formula is C15H14ClN3O2S. The van der Waals surface area contributed by atoms with Gasteiger partial charge < -0.3 is 0 Å². The number of sulfonamides is 1. The number of hydrogen-bond acceptors (Lipinski definition) is 4. The number of hydrogen-bond donors (Lipinski definition) is 0. The number of aromatic nitrogens is 1. The monoisotopic (exact) mass is 335 g/mol. The average molecular weight is 336 g/mol. The third-order valence-corrected chi connectivity index (χ3v) is 5.19. The van der Waals surface area contributed by atoms with E-state index in [1.165, 1.54) is 6.07 Å². The summed E-state index contributed by atoms with van der Waals surface area (Å²) in [4.78, 5) is 6.13. The van der Waals surface area contributed by atoms with Gasteiger partial charge in [-0.3, -0.25) is 4.90 Å². The van der Waals surface area contributed by atoms with Gasteiger partial charge in [-0.2, -0.15) is 8.42 Å². The van der Waals surface area contributed by atoms with Crippen LogP contribution in [-0.4, -0.2) is 19.2 Å². The maximum atomic E-state index is 12.3. The van der Waals surface area contributed by atoms with Gasteiger partial charge in [0.1, 0.15) is 10.7 Å². The molecule has 0 amide bonds. The van der Waals surface area contributed by atoms with E-state index in [0.29, 0.717) is 23.1 Å². The Bertz CT molecular complexity index is 878. The van der Waals surface area contributed by atoms with Crippen LogP contribution in [0.4, 0.5) is 11.5 Å². The topological polar surface area (TPSA) is 62.6 Å². The Morgan fingerprint density at radius 3 is 2.73 bits per heavy atom. The van der Waals surface area contributed by atoms with E-state index >= 15 is 0 Å². The molecule has 22 heavy (non-hydrogen) atoms. The molecule has 1 aliphatic heterocycles. The Morgan fingerprint density at radius 2 is 2.05 bits per heavy atom. The van der Waals surface area contributed by atoms with Crippen LogP contribution in [0.25, 0.3) is 0 Å². The smallest absolute Gasteiger partial charge is 0.281 e. The van der Waals surface area contributed by atoms with Crippen LogP contribution in [-0.2, 0) is 10.0 Å². The van der Waals surface area contributed by atoms with E-state index < -0.39 is 10.0 Å². The van der Waals surface area contributed by atoms with Crippen molar-refractivity contribution >= 4 is 39.0 Å². The first-order valence-electron chi connectivity index (χ1n) is 6.79. The summed E-state index contributed by atoms with van der Waals surface area (Å²) in [6.45, 7) is 3.76. The predicted octanol–water partition coefficient (Wildman–Crippen LogP) is 3.69. The zero-order valence-electron chi connectivity index (χ0n) is 12.1.